The second-order valence-electron chi connectivity index (χ2n) is 7.71. The number of anilines is 1. The van der Waals surface area contributed by atoms with Gasteiger partial charge in [0.1, 0.15) is 29.0 Å². The van der Waals surface area contributed by atoms with Crippen LogP contribution in [0.15, 0.2) is 71.3 Å². The smallest absolute Gasteiger partial charge is 0.254 e. The van der Waals surface area contributed by atoms with E-state index < -0.39 is 11.7 Å². The topological polar surface area (TPSA) is 82.6 Å². The van der Waals surface area contributed by atoms with Gasteiger partial charge in [-0.3, -0.25) is 4.79 Å². The fraction of sp³-hybridized carbons (Fsp3) is 0.250. The van der Waals surface area contributed by atoms with Gasteiger partial charge in [-0.25, -0.2) is 8.78 Å². The molecule has 0 bridgehead atoms. The van der Waals surface area contributed by atoms with Crippen LogP contribution in [0.25, 0.3) is 0 Å². The molecule has 1 fully saturated rings. The largest absolute Gasteiger partial charge is 0.445 e. The number of nitrogens with two attached hydrogens (primary N) is 1. The Balaban J connectivity index is 1.59. The molecule has 2 aliphatic heterocycles. The van der Waals surface area contributed by atoms with Gasteiger partial charge in [-0.1, -0.05) is 12.1 Å². The van der Waals surface area contributed by atoms with Crippen molar-refractivity contribution < 1.29 is 18.3 Å². The zero-order valence-corrected chi connectivity index (χ0v) is 17.5. The molecule has 32 heavy (non-hydrogen) atoms. The summed E-state index contributed by atoms with van der Waals surface area (Å²) in [5, 5.41) is 9.70. The summed E-state index contributed by atoms with van der Waals surface area (Å²) in [5.41, 5.74) is 7.62. The summed E-state index contributed by atoms with van der Waals surface area (Å²) in [6, 6.07) is 14.1. The Morgan fingerprint density at radius 1 is 1.09 bits per heavy atom. The van der Waals surface area contributed by atoms with Crippen LogP contribution in [0.2, 0.25) is 0 Å². The lowest BCUT2D eigenvalue weighted by atomic mass is 9.82. The Hall–Kier alpha value is -3.86. The third-order valence-electron chi connectivity index (χ3n) is 5.78. The SMILES string of the molecule is CC1=C(C(=O)N2CCN(c3ccc(F)cc3)CC2)[C@H](c2cccc(F)c2)C(C#N)=C(N)O1. The van der Waals surface area contributed by atoms with Crippen LogP contribution in [0, 0.1) is 23.0 Å². The third-order valence-corrected chi connectivity index (χ3v) is 5.78. The maximum atomic E-state index is 14.0. The number of rotatable bonds is 3. The van der Waals surface area contributed by atoms with E-state index in [0.29, 0.717) is 37.5 Å². The molecule has 2 heterocycles. The number of hydrogen-bond donors (Lipinski definition) is 1. The fourth-order valence-corrected chi connectivity index (χ4v) is 4.17. The summed E-state index contributed by atoms with van der Waals surface area (Å²) in [7, 11) is 0. The predicted molar refractivity (Wildman–Crippen MR) is 115 cm³/mol. The maximum Gasteiger partial charge on any atom is 0.254 e. The van der Waals surface area contributed by atoms with Crippen LogP contribution in [0.4, 0.5) is 14.5 Å². The highest BCUT2D eigenvalue weighted by Gasteiger charge is 2.38. The molecule has 0 saturated carbocycles. The number of halogens is 2. The van der Waals surface area contributed by atoms with Crippen LogP contribution >= 0.6 is 0 Å². The Bertz CT molecular complexity index is 1140. The van der Waals surface area contributed by atoms with Crippen molar-refractivity contribution in [2.45, 2.75) is 12.8 Å². The number of amides is 1. The summed E-state index contributed by atoms with van der Waals surface area (Å²) in [6.45, 7) is 3.62. The zero-order valence-electron chi connectivity index (χ0n) is 17.5. The lowest BCUT2D eigenvalue weighted by Gasteiger charge is -2.38. The molecule has 4 rings (SSSR count). The first-order chi connectivity index (χ1) is 15.4. The molecule has 2 aromatic carbocycles. The van der Waals surface area contributed by atoms with Crippen LogP contribution in [-0.2, 0) is 9.53 Å². The number of piperazine rings is 1. The number of allylic oxidation sites excluding steroid dienone is 2. The second-order valence-corrected chi connectivity index (χ2v) is 7.71. The number of ether oxygens (including phenoxy) is 1. The summed E-state index contributed by atoms with van der Waals surface area (Å²) in [4.78, 5) is 17.3. The molecule has 1 atom stereocenters. The van der Waals surface area contributed by atoms with E-state index in [9.17, 15) is 18.8 Å². The van der Waals surface area contributed by atoms with E-state index in [1.54, 1.807) is 30.0 Å². The highest BCUT2D eigenvalue weighted by atomic mass is 19.1. The molecule has 164 valence electrons. The second kappa shape index (κ2) is 8.71. The van der Waals surface area contributed by atoms with E-state index >= 15 is 0 Å². The minimum atomic E-state index is -0.813. The van der Waals surface area contributed by atoms with E-state index in [1.807, 2.05) is 6.07 Å². The lowest BCUT2D eigenvalue weighted by Crippen LogP contribution is -2.50. The van der Waals surface area contributed by atoms with E-state index in [2.05, 4.69) is 4.90 Å². The van der Waals surface area contributed by atoms with Crippen LogP contribution < -0.4 is 10.6 Å². The molecular formula is C24H22F2N4O2. The Morgan fingerprint density at radius 3 is 2.41 bits per heavy atom. The summed E-state index contributed by atoms with van der Waals surface area (Å²) in [5.74, 6) is -1.66. The van der Waals surface area contributed by atoms with Crippen molar-refractivity contribution in [1.29, 1.82) is 5.26 Å². The molecule has 0 aliphatic carbocycles. The number of nitrogens with zero attached hydrogens (tertiary/aromatic N) is 3. The minimum Gasteiger partial charge on any atom is -0.445 e. The highest BCUT2D eigenvalue weighted by molar-refractivity contribution is 5.97. The molecule has 2 aliphatic rings. The van der Waals surface area contributed by atoms with Gasteiger partial charge in [0.25, 0.3) is 5.91 Å². The molecule has 1 amide bonds. The molecular weight excluding hydrogens is 414 g/mol. The van der Waals surface area contributed by atoms with Crippen molar-refractivity contribution >= 4 is 11.6 Å². The van der Waals surface area contributed by atoms with Crippen molar-refractivity contribution in [2.24, 2.45) is 5.73 Å². The van der Waals surface area contributed by atoms with Gasteiger partial charge in [0.2, 0.25) is 5.88 Å². The predicted octanol–water partition coefficient (Wildman–Crippen LogP) is 3.40. The molecule has 1 saturated heterocycles. The number of hydrogen-bond acceptors (Lipinski definition) is 5. The van der Waals surface area contributed by atoms with Gasteiger partial charge < -0.3 is 20.3 Å². The number of carbonyl (C=O) groups is 1. The van der Waals surface area contributed by atoms with Crippen LogP contribution in [0.1, 0.15) is 18.4 Å². The average Bonchev–Trinajstić information content (AvgIpc) is 2.79. The molecule has 0 unspecified atom stereocenters. The zero-order chi connectivity index (χ0) is 22.8. The molecule has 2 N–H and O–H groups in total. The number of carbonyl (C=O) groups excluding carboxylic acids is 1. The normalized spacial score (nSPS) is 19.0. The van der Waals surface area contributed by atoms with Crippen LogP contribution in [0.3, 0.4) is 0 Å². The Labute approximate surface area is 184 Å². The fourth-order valence-electron chi connectivity index (χ4n) is 4.17. The first-order valence-corrected chi connectivity index (χ1v) is 10.2. The van der Waals surface area contributed by atoms with Gasteiger partial charge in [0.05, 0.1) is 11.5 Å². The quantitative estimate of drug-likeness (QED) is 0.798. The summed E-state index contributed by atoms with van der Waals surface area (Å²) < 4.78 is 32.7. The van der Waals surface area contributed by atoms with Gasteiger partial charge >= 0.3 is 0 Å². The third kappa shape index (κ3) is 4.02. The van der Waals surface area contributed by atoms with Crippen molar-refractivity contribution in [1.82, 2.24) is 4.90 Å². The summed E-state index contributed by atoms with van der Waals surface area (Å²) >= 11 is 0. The Morgan fingerprint density at radius 2 is 1.78 bits per heavy atom. The average molecular weight is 436 g/mol. The van der Waals surface area contributed by atoms with Gasteiger partial charge in [0.15, 0.2) is 0 Å². The van der Waals surface area contributed by atoms with Crippen molar-refractivity contribution in [2.75, 3.05) is 31.1 Å². The van der Waals surface area contributed by atoms with Crippen molar-refractivity contribution in [3.8, 4) is 6.07 Å². The van der Waals surface area contributed by atoms with E-state index in [-0.39, 0.29) is 28.8 Å². The first kappa shape index (κ1) is 21.4. The minimum absolute atomic E-state index is 0.0782. The van der Waals surface area contributed by atoms with E-state index in [1.165, 1.54) is 30.3 Å². The van der Waals surface area contributed by atoms with Crippen LogP contribution in [-0.4, -0.2) is 37.0 Å². The van der Waals surface area contributed by atoms with Gasteiger partial charge in [0, 0.05) is 31.9 Å². The monoisotopic (exact) mass is 436 g/mol. The molecule has 8 heteroatoms. The first-order valence-electron chi connectivity index (χ1n) is 10.2. The molecule has 0 aromatic heterocycles. The molecule has 2 aromatic rings. The van der Waals surface area contributed by atoms with Gasteiger partial charge in [-0.05, 0) is 48.9 Å². The lowest BCUT2D eigenvalue weighted by molar-refractivity contribution is -0.128. The van der Waals surface area contributed by atoms with Gasteiger partial charge in [-0.15, -0.1) is 0 Å². The van der Waals surface area contributed by atoms with Crippen molar-refractivity contribution in [3.63, 3.8) is 0 Å². The van der Waals surface area contributed by atoms with Gasteiger partial charge in [-0.2, -0.15) is 5.26 Å². The molecule has 0 spiro atoms. The van der Waals surface area contributed by atoms with Crippen molar-refractivity contribution in [3.05, 3.63) is 88.5 Å². The molecule has 6 nitrogen and oxygen atoms in total. The van der Waals surface area contributed by atoms with E-state index in [0.717, 1.165) is 5.69 Å². The van der Waals surface area contributed by atoms with Crippen LogP contribution in [0.5, 0.6) is 0 Å². The highest BCUT2D eigenvalue weighted by Crippen LogP contribution is 2.40. The summed E-state index contributed by atoms with van der Waals surface area (Å²) in [6.07, 6.45) is 0. The number of nitriles is 1. The Kier molecular flexibility index (Phi) is 5.82. The number of benzene rings is 2. The standard InChI is InChI=1S/C24H22F2N4O2/c1-15-21(22(20(14-27)23(28)32-15)16-3-2-4-18(26)13-16)24(31)30-11-9-29(10-12-30)19-7-5-17(25)6-8-19/h2-8,13,22H,9-12,28H2,1H3/t22-/m1/s1. The van der Waals surface area contributed by atoms with E-state index in [4.69, 9.17) is 10.5 Å². The maximum absolute atomic E-state index is 14.0. The molecule has 0 radical (unpaired) electrons.